The minimum Gasteiger partial charge on any atom is -0.341 e. The van der Waals surface area contributed by atoms with Gasteiger partial charge in [0.2, 0.25) is 5.91 Å². The number of nitrogens with zero attached hydrogens (tertiary/aromatic N) is 2. The van der Waals surface area contributed by atoms with Gasteiger partial charge in [-0.1, -0.05) is 30.3 Å². The fourth-order valence-electron chi connectivity index (χ4n) is 3.63. The van der Waals surface area contributed by atoms with Crippen LogP contribution < -0.4 is 0 Å². The van der Waals surface area contributed by atoms with Crippen molar-refractivity contribution in [1.82, 2.24) is 9.80 Å². The molecule has 3 rings (SSSR count). The molecule has 1 aromatic carbocycles. The molecule has 0 saturated carbocycles. The van der Waals surface area contributed by atoms with Gasteiger partial charge in [0.05, 0.1) is 11.5 Å². The van der Waals surface area contributed by atoms with Crippen molar-refractivity contribution in [2.45, 2.75) is 25.8 Å². The number of hydrogen-bond donors (Lipinski definition) is 0. The van der Waals surface area contributed by atoms with Crippen LogP contribution in [0.1, 0.15) is 24.8 Å². The smallest absolute Gasteiger partial charge is 0.222 e. The average molecular weight is 350 g/mol. The zero-order valence-corrected chi connectivity index (χ0v) is 14.9. The molecular weight excluding hydrogens is 324 g/mol. The van der Waals surface area contributed by atoms with Gasteiger partial charge in [0.1, 0.15) is 0 Å². The molecule has 0 bridgehead atoms. The summed E-state index contributed by atoms with van der Waals surface area (Å²) in [6, 6.07) is 10.4. The van der Waals surface area contributed by atoms with Crippen molar-refractivity contribution in [3.63, 3.8) is 0 Å². The molecule has 2 saturated heterocycles. The number of benzene rings is 1. The van der Waals surface area contributed by atoms with Crippen LogP contribution in [0.25, 0.3) is 0 Å². The molecule has 2 heterocycles. The first-order chi connectivity index (χ1) is 11.5. The normalized spacial score (nSPS) is 24.7. The summed E-state index contributed by atoms with van der Waals surface area (Å²) in [5, 5.41) is 0. The molecule has 0 radical (unpaired) electrons. The fourth-order valence-corrected chi connectivity index (χ4v) is 5.49. The molecule has 1 atom stereocenters. The molecule has 2 fully saturated rings. The highest BCUT2D eigenvalue weighted by molar-refractivity contribution is 7.91. The molecule has 1 unspecified atom stereocenters. The number of rotatable bonds is 4. The predicted octanol–water partition coefficient (Wildman–Crippen LogP) is 1.55. The maximum Gasteiger partial charge on any atom is 0.222 e. The van der Waals surface area contributed by atoms with Gasteiger partial charge in [-0.25, -0.2) is 8.42 Å². The average Bonchev–Trinajstić information content (AvgIpc) is 2.75. The highest BCUT2D eigenvalue weighted by Crippen LogP contribution is 2.22. The van der Waals surface area contributed by atoms with E-state index in [-0.39, 0.29) is 23.3 Å². The molecule has 5 nitrogen and oxygen atoms in total. The summed E-state index contributed by atoms with van der Waals surface area (Å²) in [6.45, 7) is 4.32. The summed E-state index contributed by atoms with van der Waals surface area (Å²) in [5.74, 6) is 0.576. The second-order valence-corrected chi connectivity index (χ2v) is 9.20. The molecular formula is C18H26N2O3S. The molecule has 2 aliphatic rings. The third kappa shape index (κ3) is 4.80. The standard InChI is InChI=1S/C18H26N2O3S/c21-18(13-17-7-12-24(22,23)15-17)20-9-4-8-19(10-11-20)14-16-5-2-1-3-6-16/h1-3,5-6,17H,4,7-15H2. The van der Waals surface area contributed by atoms with Crippen molar-refractivity contribution in [3.8, 4) is 0 Å². The Labute approximate surface area is 144 Å². The van der Waals surface area contributed by atoms with Gasteiger partial charge >= 0.3 is 0 Å². The van der Waals surface area contributed by atoms with Crippen LogP contribution in [0.15, 0.2) is 30.3 Å². The molecule has 0 aliphatic carbocycles. The summed E-state index contributed by atoms with van der Waals surface area (Å²) in [4.78, 5) is 16.8. The van der Waals surface area contributed by atoms with E-state index in [0.717, 1.165) is 39.1 Å². The largest absolute Gasteiger partial charge is 0.341 e. The van der Waals surface area contributed by atoms with Gasteiger partial charge in [0, 0.05) is 39.1 Å². The predicted molar refractivity (Wildman–Crippen MR) is 94.3 cm³/mol. The summed E-state index contributed by atoms with van der Waals surface area (Å²) in [7, 11) is -2.90. The molecule has 24 heavy (non-hydrogen) atoms. The summed E-state index contributed by atoms with van der Waals surface area (Å²) in [5.41, 5.74) is 1.30. The molecule has 132 valence electrons. The van der Waals surface area contributed by atoms with Gasteiger partial charge in [-0.2, -0.15) is 0 Å². The van der Waals surface area contributed by atoms with Gasteiger partial charge in [-0.05, 0) is 24.3 Å². The van der Waals surface area contributed by atoms with Crippen LogP contribution in [0.2, 0.25) is 0 Å². The quantitative estimate of drug-likeness (QED) is 0.827. The van der Waals surface area contributed by atoms with E-state index in [1.165, 1.54) is 5.56 Å². The Morgan fingerprint density at radius 3 is 2.58 bits per heavy atom. The Morgan fingerprint density at radius 2 is 1.88 bits per heavy atom. The van der Waals surface area contributed by atoms with Crippen molar-refractivity contribution < 1.29 is 13.2 Å². The second-order valence-electron chi connectivity index (χ2n) is 6.97. The Hall–Kier alpha value is -1.40. The molecule has 1 amide bonds. The minimum absolute atomic E-state index is 0.0196. The van der Waals surface area contributed by atoms with Crippen LogP contribution in [0.4, 0.5) is 0 Å². The van der Waals surface area contributed by atoms with Crippen LogP contribution in [0.3, 0.4) is 0 Å². The third-order valence-corrected chi connectivity index (χ3v) is 6.82. The van der Waals surface area contributed by atoms with E-state index in [2.05, 4.69) is 29.2 Å². The highest BCUT2D eigenvalue weighted by Gasteiger charge is 2.31. The number of carbonyl (C=O) groups excluding carboxylic acids is 1. The van der Waals surface area contributed by atoms with Crippen molar-refractivity contribution in [2.75, 3.05) is 37.7 Å². The van der Waals surface area contributed by atoms with Crippen molar-refractivity contribution >= 4 is 15.7 Å². The lowest BCUT2D eigenvalue weighted by Gasteiger charge is -2.23. The monoisotopic (exact) mass is 350 g/mol. The van der Waals surface area contributed by atoms with Gasteiger partial charge in [-0.3, -0.25) is 9.69 Å². The van der Waals surface area contributed by atoms with Crippen LogP contribution in [-0.2, 0) is 21.2 Å². The van der Waals surface area contributed by atoms with Crippen molar-refractivity contribution in [2.24, 2.45) is 5.92 Å². The maximum atomic E-state index is 12.5. The van der Waals surface area contributed by atoms with E-state index >= 15 is 0 Å². The molecule has 0 spiro atoms. The zero-order valence-electron chi connectivity index (χ0n) is 14.1. The summed E-state index contributed by atoms with van der Waals surface area (Å²) < 4.78 is 23.1. The fraction of sp³-hybridized carbons (Fsp3) is 0.611. The summed E-state index contributed by atoms with van der Waals surface area (Å²) in [6.07, 6.45) is 2.00. The van der Waals surface area contributed by atoms with E-state index < -0.39 is 9.84 Å². The number of carbonyl (C=O) groups is 1. The van der Waals surface area contributed by atoms with Crippen LogP contribution in [-0.4, -0.2) is 61.8 Å². The Bertz CT molecular complexity index is 660. The van der Waals surface area contributed by atoms with E-state index in [0.29, 0.717) is 12.8 Å². The number of hydrogen-bond acceptors (Lipinski definition) is 4. The Morgan fingerprint density at radius 1 is 1.08 bits per heavy atom. The Balaban J connectivity index is 1.49. The van der Waals surface area contributed by atoms with Crippen molar-refractivity contribution in [3.05, 3.63) is 35.9 Å². The van der Waals surface area contributed by atoms with Crippen LogP contribution in [0, 0.1) is 5.92 Å². The van der Waals surface area contributed by atoms with Gasteiger partial charge in [0.15, 0.2) is 9.84 Å². The molecule has 2 aliphatic heterocycles. The first-order valence-electron chi connectivity index (χ1n) is 8.76. The second kappa shape index (κ2) is 7.66. The van der Waals surface area contributed by atoms with Crippen LogP contribution >= 0.6 is 0 Å². The zero-order chi connectivity index (χ0) is 17.0. The number of sulfone groups is 1. The third-order valence-electron chi connectivity index (χ3n) is 4.98. The molecule has 6 heteroatoms. The number of amides is 1. The maximum absolute atomic E-state index is 12.5. The van der Waals surface area contributed by atoms with E-state index in [9.17, 15) is 13.2 Å². The van der Waals surface area contributed by atoms with E-state index in [4.69, 9.17) is 0 Å². The van der Waals surface area contributed by atoms with E-state index in [1.54, 1.807) is 0 Å². The molecule has 0 N–H and O–H groups in total. The highest BCUT2D eigenvalue weighted by atomic mass is 32.2. The lowest BCUT2D eigenvalue weighted by Crippen LogP contribution is -2.36. The Kier molecular flexibility index (Phi) is 5.56. The lowest BCUT2D eigenvalue weighted by molar-refractivity contribution is -0.131. The van der Waals surface area contributed by atoms with Gasteiger partial charge in [-0.15, -0.1) is 0 Å². The topological polar surface area (TPSA) is 57.7 Å². The van der Waals surface area contributed by atoms with Crippen LogP contribution in [0.5, 0.6) is 0 Å². The lowest BCUT2D eigenvalue weighted by atomic mass is 10.0. The molecule has 0 aromatic heterocycles. The van der Waals surface area contributed by atoms with Gasteiger partial charge in [0.25, 0.3) is 0 Å². The summed E-state index contributed by atoms with van der Waals surface area (Å²) >= 11 is 0. The van der Waals surface area contributed by atoms with Gasteiger partial charge < -0.3 is 4.90 Å². The van der Waals surface area contributed by atoms with E-state index in [1.807, 2.05) is 11.0 Å². The SMILES string of the molecule is O=C(CC1CCS(=O)(=O)C1)N1CCCN(Cc2ccccc2)CC1. The van der Waals surface area contributed by atoms with Crippen molar-refractivity contribution in [1.29, 1.82) is 0 Å². The first-order valence-corrected chi connectivity index (χ1v) is 10.6. The molecule has 1 aromatic rings. The minimum atomic E-state index is -2.90. The first kappa shape index (κ1) is 17.4.